The van der Waals surface area contributed by atoms with Crippen molar-refractivity contribution in [2.45, 2.75) is 13.8 Å². The van der Waals surface area contributed by atoms with Crippen molar-refractivity contribution in [1.29, 1.82) is 0 Å². The number of benzene rings is 1. The molecule has 0 amide bonds. The highest BCUT2D eigenvalue weighted by Crippen LogP contribution is 2.18. The van der Waals surface area contributed by atoms with E-state index >= 15 is 0 Å². The monoisotopic (exact) mass is 237 g/mol. The highest BCUT2D eigenvalue weighted by molar-refractivity contribution is 6.09. The molecule has 6 N–H and O–H groups in total. The van der Waals surface area contributed by atoms with Crippen molar-refractivity contribution in [2.75, 3.05) is 19.3 Å². The van der Waals surface area contributed by atoms with E-state index in [2.05, 4.69) is 5.73 Å². The summed E-state index contributed by atoms with van der Waals surface area (Å²) in [5.74, 6) is 0. The van der Waals surface area contributed by atoms with Gasteiger partial charge in [0.25, 0.3) is 0 Å². The molecule has 0 spiro atoms. The highest BCUT2D eigenvalue weighted by Gasteiger charge is 2.02. The lowest BCUT2D eigenvalue weighted by molar-refractivity contribution is -0.103. The van der Waals surface area contributed by atoms with Crippen LogP contribution >= 0.6 is 0 Å². The zero-order valence-electron chi connectivity index (χ0n) is 10.8. The second-order valence-electron chi connectivity index (χ2n) is 2.60. The minimum Gasteiger partial charge on any atom is -0.398 e. The number of aldehydes is 1. The number of rotatable bonds is 3. The highest BCUT2D eigenvalue weighted by atomic mass is 16.1. The number of anilines is 1. The maximum atomic E-state index is 10.7. The molecule has 0 aromatic heterocycles. The molecular weight excluding hydrogens is 214 g/mol. The average molecular weight is 237 g/mol. The van der Waals surface area contributed by atoms with Gasteiger partial charge in [-0.05, 0) is 13.1 Å². The molecule has 0 heterocycles. The maximum absolute atomic E-state index is 10.7. The van der Waals surface area contributed by atoms with Crippen LogP contribution in [0.5, 0.6) is 0 Å². The van der Waals surface area contributed by atoms with Crippen LogP contribution in [-0.4, -0.2) is 19.9 Å². The van der Waals surface area contributed by atoms with Gasteiger partial charge in [0, 0.05) is 23.4 Å². The van der Waals surface area contributed by atoms with E-state index in [0.717, 1.165) is 11.8 Å². The Bertz CT molecular complexity index is 335. The second kappa shape index (κ2) is 12.4. The van der Waals surface area contributed by atoms with E-state index in [-0.39, 0.29) is 0 Å². The summed E-state index contributed by atoms with van der Waals surface area (Å²) in [6.07, 6.45) is 2.41. The molecule has 0 fully saturated rings. The van der Waals surface area contributed by atoms with Crippen LogP contribution in [0, 0.1) is 0 Å². The summed E-state index contributed by atoms with van der Waals surface area (Å²) in [6.45, 7) is 4.34. The van der Waals surface area contributed by atoms with E-state index in [1.54, 1.807) is 18.2 Å². The average Bonchev–Trinajstić information content (AvgIpc) is 2.42. The first kappa shape index (κ1) is 17.7. The molecule has 0 saturated heterocycles. The molecule has 0 atom stereocenters. The van der Waals surface area contributed by atoms with Gasteiger partial charge in [-0.15, -0.1) is 0 Å². The number of nitrogens with two attached hydrogens (primary N) is 3. The third-order valence-corrected chi connectivity index (χ3v) is 1.74. The number of hydrogen-bond acceptors (Lipinski definition) is 4. The van der Waals surface area contributed by atoms with Gasteiger partial charge in [-0.2, -0.15) is 0 Å². The molecule has 17 heavy (non-hydrogen) atoms. The van der Waals surface area contributed by atoms with Crippen molar-refractivity contribution in [3.63, 3.8) is 0 Å². The topological polar surface area (TPSA) is 95.1 Å². The summed E-state index contributed by atoms with van der Waals surface area (Å²) in [4.78, 5) is 10.7. The summed E-state index contributed by atoms with van der Waals surface area (Å²) in [5, 5.41) is 0. The van der Waals surface area contributed by atoms with Gasteiger partial charge in [-0.3, -0.25) is 4.79 Å². The number of carbonyl (C=O) groups is 1. The van der Waals surface area contributed by atoms with Crippen molar-refractivity contribution in [3.8, 4) is 0 Å². The summed E-state index contributed by atoms with van der Waals surface area (Å²) >= 11 is 0. The maximum Gasteiger partial charge on any atom is 0.150 e. The molecule has 0 saturated carbocycles. The van der Waals surface area contributed by atoms with Gasteiger partial charge >= 0.3 is 0 Å². The minimum atomic E-state index is 0.336. The lowest BCUT2D eigenvalue weighted by Gasteiger charge is -2.03. The van der Waals surface area contributed by atoms with Gasteiger partial charge in [0.15, 0.2) is 0 Å². The fourth-order valence-electron chi connectivity index (χ4n) is 1.11. The summed E-state index contributed by atoms with van der Waals surface area (Å²) in [6, 6.07) is 7.21. The lowest BCUT2D eigenvalue weighted by Crippen LogP contribution is -1.99. The zero-order valence-corrected chi connectivity index (χ0v) is 10.8. The Morgan fingerprint density at radius 3 is 2.18 bits per heavy atom. The molecule has 0 aliphatic carbocycles. The minimum absolute atomic E-state index is 0.336. The SMILES string of the molecule is CC.CN.NC/C=C(\C=O)c1ccccc1N. The van der Waals surface area contributed by atoms with Gasteiger partial charge in [-0.25, -0.2) is 0 Å². The van der Waals surface area contributed by atoms with Crippen LogP contribution in [0.15, 0.2) is 30.3 Å². The van der Waals surface area contributed by atoms with Gasteiger partial charge in [0.2, 0.25) is 0 Å². The first-order valence-corrected chi connectivity index (χ1v) is 5.57. The van der Waals surface area contributed by atoms with E-state index in [1.165, 1.54) is 7.05 Å². The summed E-state index contributed by atoms with van der Waals surface area (Å²) in [7, 11) is 1.50. The van der Waals surface area contributed by atoms with Crippen molar-refractivity contribution in [3.05, 3.63) is 35.9 Å². The van der Waals surface area contributed by atoms with Crippen LogP contribution < -0.4 is 17.2 Å². The first-order valence-electron chi connectivity index (χ1n) is 5.57. The van der Waals surface area contributed by atoms with Gasteiger partial charge in [0.05, 0.1) is 0 Å². The number of nitrogen functional groups attached to an aromatic ring is 1. The van der Waals surface area contributed by atoms with E-state index < -0.39 is 0 Å². The molecule has 1 rings (SSSR count). The molecule has 1 aromatic carbocycles. The fraction of sp³-hybridized carbons (Fsp3) is 0.308. The fourth-order valence-corrected chi connectivity index (χ4v) is 1.11. The molecule has 0 unspecified atom stereocenters. The third-order valence-electron chi connectivity index (χ3n) is 1.74. The quantitative estimate of drug-likeness (QED) is 0.421. The number of allylic oxidation sites excluding steroid dienone is 1. The van der Waals surface area contributed by atoms with Gasteiger partial charge in [-0.1, -0.05) is 38.1 Å². The van der Waals surface area contributed by atoms with Crippen LogP contribution in [-0.2, 0) is 4.79 Å². The molecule has 0 aliphatic rings. The van der Waals surface area contributed by atoms with Crippen molar-refractivity contribution in [2.24, 2.45) is 11.5 Å². The van der Waals surface area contributed by atoms with E-state index in [4.69, 9.17) is 11.5 Å². The zero-order chi connectivity index (χ0) is 13.7. The Morgan fingerprint density at radius 2 is 1.76 bits per heavy atom. The van der Waals surface area contributed by atoms with Crippen molar-refractivity contribution < 1.29 is 4.79 Å². The number of hydrogen-bond donors (Lipinski definition) is 3. The Labute approximate surface area is 103 Å². The second-order valence-corrected chi connectivity index (χ2v) is 2.60. The van der Waals surface area contributed by atoms with Crippen molar-refractivity contribution >= 4 is 17.5 Å². The molecule has 0 bridgehead atoms. The molecule has 1 aromatic rings. The number of carbonyl (C=O) groups excluding carboxylic acids is 1. The first-order chi connectivity index (χ1) is 8.29. The normalized spacial score (nSPS) is 9.35. The Balaban J connectivity index is 0. The molecule has 4 nitrogen and oxygen atoms in total. The van der Waals surface area contributed by atoms with E-state index in [9.17, 15) is 4.79 Å². The number of para-hydroxylation sites is 1. The lowest BCUT2D eigenvalue weighted by atomic mass is 10.1. The Kier molecular flexibility index (Phi) is 13.0. The predicted octanol–water partition coefficient (Wildman–Crippen LogP) is 1.41. The van der Waals surface area contributed by atoms with Crippen LogP contribution in [0.2, 0.25) is 0 Å². The molecular formula is C13H23N3O. The van der Waals surface area contributed by atoms with Crippen LogP contribution in [0.4, 0.5) is 5.69 Å². The van der Waals surface area contributed by atoms with Gasteiger partial charge in [0.1, 0.15) is 6.29 Å². The molecule has 0 aliphatic heterocycles. The standard InChI is InChI=1S/C10H12N2O.C2H6.CH5N/c11-6-5-8(7-13)9-3-1-2-4-10(9)12;2*1-2/h1-5,7H,6,11-12H2;1-2H3;2H2,1H3/b8-5+;;. The predicted molar refractivity (Wildman–Crippen MR) is 75.4 cm³/mol. The third kappa shape index (κ3) is 6.50. The van der Waals surface area contributed by atoms with Gasteiger partial charge < -0.3 is 17.2 Å². The van der Waals surface area contributed by atoms with Crippen LogP contribution in [0.25, 0.3) is 5.57 Å². The molecule has 4 heteroatoms. The Hall–Kier alpha value is -1.65. The van der Waals surface area contributed by atoms with Crippen LogP contribution in [0.3, 0.4) is 0 Å². The van der Waals surface area contributed by atoms with E-state index in [0.29, 0.717) is 17.8 Å². The Morgan fingerprint density at radius 1 is 1.24 bits per heavy atom. The van der Waals surface area contributed by atoms with E-state index in [1.807, 2.05) is 26.0 Å². The summed E-state index contributed by atoms with van der Waals surface area (Å²) < 4.78 is 0. The smallest absolute Gasteiger partial charge is 0.150 e. The summed E-state index contributed by atoms with van der Waals surface area (Å²) in [5.41, 5.74) is 17.4. The van der Waals surface area contributed by atoms with Crippen LogP contribution in [0.1, 0.15) is 19.4 Å². The molecule has 96 valence electrons. The largest absolute Gasteiger partial charge is 0.398 e. The molecule has 0 radical (unpaired) electrons. The van der Waals surface area contributed by atoms with Crippen molar-refractivity contribution in [1.82, 2.24) is 0 Å².